The number of carbonyl (C=O) groups is 2. The Kier molecular flexibility index (Phi) is 5.54. The summed E-state index contributed by atoms with van der Waals surface area (Å²) >= 11 is 5.85. The molecule has 0 spiro atoms. The smallest absolute Gasteiger partial charge is 0.307 e. The minimum atomic E-state index is -0.570. The van der Waals surface area contributed by atoms with Gasteiger partial charge in [0.2, 0.25) is 5.56 Å². The number of esters is 1. The van der Waals surface area contributed by atoms with Gasteiger partial charge in [-0.3, -0.25) is 14.4 Å². The summed E-state index contributed by atoms with van der Waals surface area (Å²) in [4.78, 5) is 37.3. The van der Waals surface area contributed by atoms with E-state index in [1.54, 1.807) is 24.3 Å². The number of hydrogen-bond acceptors (Lipinski definition) is 4. The van der Waals surface area contributed by atoms with Gasteiger partial charge in [-0.2, -0.15) is 0 Å². The SMILES string of the molecule is COC(=O)CC(NC(=O)c1ccc(=O)[nH]c1)c1ccc(Cl)cc1. The summed E-state index contributed by atoms with van der Waals surface area (Å²) < 4.78 is 4.67. The lowest BCUT2D eigenvalue weighted by Gasteiger charge is -2.18. The minimum absolute atomic E-state index is 0.0206. The zero-order valence-electron chi connectivity index (χ0n) is 12.3. The summed E-state index contributed by atoms with van der Waals surface area (Å²) in [6.07, 6.45) is 1.29. The van der Waals surface area contributed by atoms with Gasteiger partial charge in [-0.05, 0) is 23.8 Å². The fourth-order valence-electron chi connectivity index (χ4n) is 1.99. The maximum Gasteiger partial charge on any atom is 0.307 e. The van der Waals surface area contributed by atoms with Gasteiger partial charge in [0.05, 0.1) is 25.1 Å². The van der Waals surface area contributed by atoms with Crippen molar-refractivity contribution in [1.82, 2.24) is 10.3 Å². The lowest BCUT2D eigenvalue weighted by molar-refractivity contribution is -0.141. The zero-order chi connectivity index (χ0) is 16.8. The second-order valence-electron chi connectivity index (χ2n) is 4.80. The van der Waals surface area contributed by atoms with E-state index in [1.807, 2.05) is 0 Å². The number of rotatable bonds is 5. The molecular weight excluding hydrogens is 320 g/mol. The van der Waals surface area contributed by atoms with E-state index in [0.29, 0.717) is 5.02 Å². The highest BCUT2D eigenvalue weighted by Crippen LogP contribution is 2.20. The molecular formula is C16H15ClN2O4. The second-order valence-corrected chi connectivity index (χ2v) is 5.24. The monoisotopic (exact) mass is 334 g/mol. The summed E-state index contributed by atoms with van der Waals surface area (Å²) in [6, 6.07) is 8.89. The fourth-order valence-corrected chi connectivity index (χ4v) is 2.12. The maximum absolute atomic E-state index is 12.3. The van der Waals surface area contributed by atoms with Crippen molar-refractivity contribution in [2.24, 2.45) is 0 Å². The standard InChI is InChI=1S/C16H15ClN2O4/c1-23-15(21)8-13(10-2-5-12(17)6-3-10)19-16(22)11-4-7-14(20)18-9-11/h2-7,9,13H,8H2,1H3,(H,18,20)(H,19,22). The van der Waals surface area contributed by atoms with Gasteiger partial charge in [-0.25, -0.2) is 0 Å². The molecule has 1 aromatic heterocycles. The summed E-state index contributed by atoms with van der Waals surface area (Å²) in [5, 5.41) is 3.30. The molecule has 7 heteroatoms. The van der Waals surface area contributed by atoms with Crippen LogP contribution in [0.15, 0.2) is 47.4 Å². The Balaban J connectivity index is 2.21. The molecule has 2 rings (SSSR count). The quantitative estimate of drug-likeness (QED) is 0.819. The molecule has 0 aliphatic carbocycles. The first-order valence-corrected chi connectivity index (χ1v) is 7.19. The van der Waals surface area contributed by atoms with Crippen LogP contribution in [0.5, 0.6) is 0 Å². The number of H-pyrrole nitrogens is 1. The van der Waals surface area contributed by atoms with E-state index in [1.165, 1.54) is 25.4 Å². The number of halogens is 1. The molecule has 1 atom stereocenters. The predicted molar refractivity (Wildman–Crippen MR) is 85.4 cm³/mol. The number of amides is 1. The van der Waals surface area contributed by atoms with E-state index in [0.717, 1.165) is 5.56 Å². The van der Waals surface area contributed by atoms with E-state index < -0.39 is 17.9 Å². The normalized spacial score (nSPS) is 11.6. The summed E-state index contributed by atoms with van der Waals surface area (Å²) in [5.41, 5.74) is 0.705. The summed E-state index contributed by atoms with van der Waals surface area (Å²) in [6.45, 7) is 0. The third-order valence-electron chi connectivity index (χ3n) is 3.22. The van der Waals surface area contributed by atoms with Crippen molar-refractivity contribution in [2.75, 3.05) is 7.11 Å². The Hall–Kier alpha value is -2.60. The first-order chi connectivity index (χ1) is 11.0. The molecule has 120 valence electrons. The summed E-state index contributed by atoms with van der Waals surface area (Å²) in [7, 11) is 1.28. The van der Waals surface area contributed by atoms with Crippen LogP contribution in [0.2, 0.25) is 5.02 Å². The molecule has 1 amide bonds. The molecule has 0 bridgehead atoms. The van der Waals surface area contributed by atoms with Crippen LogP contribution in [-0.2, 0) is 9.53 Å². The zero-order valence-corrected chi connectivity index (χ0v) is 13.1. The molecule has 2 N–H and O–H groups in total. The van der Waals surface area contributed by atoms with Gasteiger partial charge >= 0.3 is 5.97 Å². The highest BCUT2D eigenvalue weighted by molar-refractivity contribution is 6.30. The van der Waals surface area contributed by atoms with Crippen molar-refractivity contribution in [3.63, 3.8) is 0 Å². The van der Waals surface area contributed by atoms with Crippen LogP contribution in [0.1, 0.15) is 28.4 Å². The molecule has 0 radical (unpaired) electrons. The number of benzene rings is 1. The van der Waals surface area contributed by atoms with E-state index in [-0.39, 0.29) is 17.5 Å². The Morgan fingerprint density at radius 3 is 2.48 bits per heavy atom. The minimum Gasteiger partial charge on any atom is -0.469 e. The van der Waals surface area contributed by atoms with Crippen LogP contribution in [0, 0.1) is 0 Å². The van der Waals surface area contributed by atoms with Crippen LogP contribution in [0.4, 0.5) is 0 Å². The number of nitrogens with one attached hydrogen (secondary N) is 2. The molecule has 0 saturated carbocycles. The van der Waals surface area contributed by atoms with Crippen LogP contribution in [-0.4, -0.2) is 24.0 Å². The highest BCUT2D eigenvalue weighted by Gasteiger charge is 2.19. The number of aromatic nitrogens is 1. The average molecular weight is 335 g/mol. The van der Waals surface area contributed by atoms with Crippen LogP contribution < -0.4 is 10.9 Å². The molecule has 0 aliphatic heterocycles. The second kappa shape index (κ2) is 7.60. The Morgan fingerprint density at radius 1 is 1.22 bits per heavy atom. The van der Waals surface area contributed by atoms with Gasteiger partial charge in [0.25, 0.3) is 5.91 Å². The van der Waals surface area contributed by atoms with E-state index in [2.05, 4.69) is 15.0 Å². The first-order valence-electron chi connectivity index (χ1n) is 6.81. The van der Waals surface area contributed by atoms with E-state index in [4.69, 9.17) is 11.6 Å². The van der Waals surface area contributed by atoms with Gasteiger partial charge in [-0.15, -0.1) is 0 Å². The van der Waals surface area contributed by atoms with Gasteiger partial charge < -0.3 is 15.0 Å². The number of hydrogen-bond donors (Lipinski definition) is 2. The van der Waals surface area contributed by atoms with Crippen LogP contribution in [0.3, 0.4) is 0 Å². The predicted octanol–water partition coefficient (Wildman–Crippen LogP) is 2.06. The van der Waals surface area contributed by atoms with Crippen LogP contribution in [0.25, 0.3) is 0 Å². The van der Waals surface area contributed by atoms with Crippen molar-refractivity contribution in [1.29, 1.82) is 0 Å². The fraction of sp³-hybridized carbons (Fsp3) is 0.188. The molecule has 6 nitrogen and oxygen atoms in total. The molecule has 1 heterocycles. The van der Waals surface area contributed by atoms with Crippen molar-refractivity contribution in [3.05, 3.63) is 69.1 Å². The number of ether oxygens (including phenoxy) is 1. The number of carbonyl (C=O) groups excluding carboxylic acids is 2. The Morgan fingerprint density at radius 2 is 1.91 bits per heavy atom. The molecule has 0 saturated heterocycles. The molecule has 1 aromatic carbocycles. The third-order valence-corrected chi connectivity index (χ3v) is 3.47. The van der Waals surface area contributed by atoms with E-state index >= 15 is 0 Å². The van der Waals surface area contributed by atoms with E-state index in [9.17, 15) is 14.4 Å². The lowest BCUT2D eigenvalue weighted by atomic mass is 10.0. The van der Waals surface area contributed by atoms with Crippen molar-refractivity contribution < 1.29 is 14.3 Å². The third kappa shape index (κ3) is 4.69. The molecule has 23 heavy (non-hydrogen) atoms. The summed E-state index contributed by atoms with van der Waals surface area (Å²) in [5.74, 6) is -0.864. The Bertz CT molecular complexity index is 735. The first kappa shape index (κ1) is 16.8. The largest absolute Gasteiger partial charge is 0.469 e. The van der Waals surface area contributed by atoms with Crippen LogP contribution >= 0.6 is 11.6 Å². The van der Waals surface area contributed by atoms with Crippen molar-refractivity contribution in [3.8, 4) is 0 Å². The highest BCUT2D eigenvalue weighted by atomic mass is 35.5. The molecule has 2 aromatic rings. The lowest BCUT2D eigenvalue weighted by Crippen LogP contribution is -2.30. The van der Waals surface area contributed by atoms with Gasteiger partial charge in [0.1, 0.15) is 0 Å². The molecule has 0 fully saturated rings. The van der Waals surface area contributed by atoms with Gasteiger partial charge in [0.15, 0.2) is 0 Å². The number of aromatic amines is 1. The Labute approximate surface area is 137 Å². The number of methoxy groups -OCH3 is 1. The average Bonchev–Trinajstić information content (AvgIpc) is 2.55. The molecule has 1 unspecified atom stereocenters. The van der Waals surface area contributed by atoms with Gasteiger partial charge in [0, 0.05) is 17.3 Å². The van der Waals surface area contributed by atoms with Crippen molar-refractivity contribution in [2.45, 2.75) is 12.5 Å². The topological polar surface area (TPSA) is 88.3 Å². The van der Waals surface area contributed by atoms with Gasteiger partial charge in [-0.1, -0.05) is 23.7 Å². The molecule has 0 aliphatic rings. The number of pyridine rings is 1. The maximum atomic E-state index is 12.3. The van der Waals surface area contributed by atoms with Crippen molar-refractivity contribution >= 4 is 23.5 Å².